The molecule has 0 aliphatic carbocycles. The van der Waals surface area contributed by atoms with Crippen LogP contribution in [0, 0.1) is 0 Å². The Morgan fingerprint density at radius 1 is 0.952 bits per heavy atom. The Morgan fingerprint density at radius 2 is 1.62 bits per heavy atom. The lowest BCUT2D eigenvalue weighted by molar-refractivity contribution is -0.0328. The average Bonchev–Trinajstić information content (AvgIpc) is 2.90. The molecule has 4 rings (SSSR count). The first kappa shape index (κ1) is 32.3. The third-order valence-electron chi connectivity index (χ3n) is 5.82. The predicted octanol–water partition coefficient (Wildman–Crippen LogP) is 8.08. The molecule has 1 amide bonds. The van der Waals surface area contributed by atoms with Crippen LogP contribution >= 0.6 is 50.9 Å². The van der Waals surface area contributed by atoms with E-state index in [2.05, 4.69) is 26.0 Å². The van der Waals surface area contributed by atoms with Gasteiger partial charge < -0.3 is 5.32 Å². The molecule has 0 bridgehead atoms. The molecule has 0 aliphatic heterocycles. The van der Waals surface area contributed by atoms with E-state index >= 15 is 0 Å². The van der Waals surface area contributed by atoms with Crippen molar-refractivity contribution in [2.75, 3.05) is 6.26 Å². The van der Waals surface area contributed by atoms with E-state index in [1.165, 1.54) is 24.3 Å². The predicted molar refractivity (Wildman–Crippen MR) is 164 cm³/mol. The van der Waals surface area contributed by atoms with Crippen LogP contribution in [-0.4, -0.2) is 31.1 Å². The van der Waals surface area contributed by atoms with Gasteiger partial charge in [0.2, 0.25) is 10.0 Å². The van der Waals surface area contributed by atoms with Crippen LogP contribution in [0.3, 0.4) is 0 Å². The molecule has 0 saturated heterocycles. The topological polar surface area (TPSA) is 88.2 Å². The first-order valence-corrected chi connectivity index (χ1v) is 16.3. The van der Waals surface area contributed by atoms with E-state index in [1.807, 2.05) is 24.3 Å². The number of pyridine rings is 1. The van der Waals surface area contributed by atoms with E-state index < -0.39 is 21.4 Å². The number of nitrogens with zero attached hydrogens (tertiary/aromatic N) is 1. The number of carbonyl (C=O) groups is 1. The first-order valence-electron chi connectivity index (χ1n) is 12.0. The number of hydrogen-bond donors (Lipinski definition) is 2. The number of halogens is 6. The Balaban J connectivity index is 1.74. The van der Waals surface area contributed by atoms with Gasteiger partial charge in [-0.25, -0.2) is 13.1 Å². The second kappa shape index (κ2) is 13.4. The molecule has 0 unspecified atom stereocenters. The highest BCUT2D eigenvalue weighted by Crippen LogP contribution is 2.38. The Hall–Kier alpha value is -2.61. The molecular formula is C28H21BrCl2F3N3O3S2. The lowest BCUT2D eigenvalue weighted by Crippen LogP contribution is -2.26. The van der Waals surface area contributed by atoms with E-state index in [1.54, 1.807) is 24.3 Å². The second-order valence-electron chi connectivity index (χ2n) is 8.97. The third kappa shape index (κ3) is 8.95. The fraction of sp³-hybridized carbons (Fsp3) is 0.143. The van der Waals surface area contributed by atoms with Gasteiger partial charge in [0.1, 0.15) is 0 Å². The molecule has 6 nitrogen and oxygen atoms in total. The van der Waals surface area contributed by atoms with E-state index in [4.69, 9.17) is 28.2 Å². The number of rotatable bonds is 9. The minimum atomic E-state index is -4.44. The Morgan fingerprint density at radius 3 is 2.21 bits per heavy atom. The molecule has 0 aliphatic rings. The minimum absolute atomic E-state index is 0.0506. The number of amides is 1. The van der Waals surface area contributed by atoms with Gasteiger partial charge in [-0.1, -0.05) is 57.3 Å². The van der Waals surface area contributed by atoms with Crippen molar-refractivity contribution < 1.29 is 26.4 Å². The van der Waals surface area contributed by atoms with Gasteiger partial charge in [-0.05, 0) is 71.9 Å². The molecule has 0 atom stereocenters. The average molecular weight is 719 g/mol. The maximum Gasteiger partial charge on any atom is 0.446 e. The molecule has 0 fully saturated rings. The summed E-state index contributed by atoms with van der Waals surface area (Å²) in [4.78, 5) is 17.7. The van der Waals surface area contributed by atoms with Gasteiger partial charge in [0.05, 0.1) is 24.2 Å². The van der Waals surface area contributed by atoms with Crippen molar-refractivity contribution in [2.24, 2.45) is 0 Å². The Kier molecular flexibility index (Phi) is 10.3. The van der Waals surface area contributed by atoms with Crippen LogP contribution in [0.25, 0.3) is 22.4 Å². The van der Waals surface area contributed by atoms with E-state index in [0.717, 1.165) is 16.3 Å². The molecular weight excluding hydrogens is 698 g/mol. The molecule has 3 aromatic carbocycles. The monoisotopic (exact) mass is 717 g/mol. The summed E-state index contributed by atoms with van der Waals surface area (Å²) in [5.74, 6) is -0.538. The van der Waals surface area contributed by atoms with Crippen LogP contribution in [0.15, 0.2) is 82.2 Å². The van der Waals surface area contributed by atoms with Gasteiger partial charge in [0.15, 0.2) is 0 Å². The van der Waals surface area contributed by atoms with Gasteiger partial charge in [-0.2, -0.15) is 13.2 Å². The van der Waals surface area contributed by atoms with Gasteiger partial charge in [0, 0.05) is 48.2 Å². The second-order valence-corrected chi connectivity index (χ2v) is 13.7. The molecule has 1 heterocycles. The highest BCUT2D eigenvalue weighted by atomic mass is 79.9. The zero-order valence-electron chi connectivity index (χ0n) is 21.6. The van der Waals surface area contributed by atoms with Crippen LogP contribution in [0.5, 0.6) is 0 Å². The van der Waals surface area contributed by atoms with Gasteiger partial charge in [-0.15, -0.1) is 0 Å². The molecule has 0 saturated carbocycles. The number of aromatic nitrogens is 1. The summed E-state index contributed by atoms with van der Waals surface area (Å²) >= 11 is 15.8. The number of thioether (sulfide) groups is 1. The van der Waals surface area contributed by atoms with Crippen molar-refractivity contribution in [2.45, 2.75) is 23.5 Å². The molecule has 42 heavy (non-hydrogen) atoms. The molecule has 0 radical (unpaired) electrons. The molecule has 0 spiro atoms. The number of nitrogens with one attached hydrogen (secondary N) is 2. The summed E-state index contributed by atoms with van der Waals surface area (Å²) in [6.07, 6.45) is 1.02. The summed E-state index contributed by atoms with van der Waals surface area (Å²) < 4.78 is 65.1. The van der Waals surface area contributed by atoms with Crippen LogP contribution in [0.4, 0.5) is 13.2 Å². The summed E-state index contributed by atoms with van der Waals surface area (Å²) in [7, 11) is -3.59. The normalized spacial score (nSPS) is 11.9. The number of hydrogen-bond acceptors (Lipinski definition) is 5. The zero-order valence-corrected chi connectivity index (χ0v) is 26.3. The number of benzene rings is 3. The largest absolute Gasteiger partial charge is 0.446 e. The van der Waals surface area contributed by atoms with E-state index in [0.29, 0.717) is 38.1 Å². The maximum atomic E-state index is 12.9. The van der Waals surface area contributed by atoms with Crippen molar-refractivity contribution >= 4 is 66.8 Å². The van der Waals surface area contributed by atoms with Crippen molar-refractivity contribution in [1.29, 1.82) is 0 Å². The standard InChI is InChI=1S/C28H21BrCl2F3N3O3S2/c1-42(39,40)36-15-25-18(14-35-27(38)17-4-9-21(10-5-17)41-28(32,33)34)12-23(22-11-8-20(30)13-24(22)31)26(37-25)16-2-6-19(29)7-3-16/h2-13,36H,14-15H2,1H3,(H,35,38). The summed E-state index contributed by atoms with van der Waals surface area (Å²) in [5.41, 5.74) is -0.982. The summed E-state index contributed by atoms with van der Waals surface area (Å²) in [6, 6.07) is 19.1. The molecule has 1 aromatic heterocycles. The molecule has 220 valence electrons. The summed E-state index contributed by atoms with van der Waals surface area (Å²) in [6.45, 7) is -0.226. The number of alkyl halides is 3. The molecule has 14 heteroatoms. The Labute approximate surface area is 263 Å². The fourth-order valence-electron chi connectivity index (χ4n) is 3.93. The minimum Gasteiger partial charge on any atom is -0.348 e. The van der Waals surface area contributed by atoms with E-state index in [9.17, 15) is 26.4 Å². The van der Waals surface area contributed by atoms with Gasteiger partial charge in [-0.3, -0.25) is 9.78 Å². The summed E-state index contributed by atoms with van der Waals surface area (Å²) in [5, 5.41) is 3.54. The van der Waals surface area contributed by atoms with Crippen molar-refractivity contribution in [1.82, 2.24) is 15.0 Å². The van der Waals surface area contributed by atoms with Crippen molar-refractivity contribution in [3.63, 3.8) is 0 Å². The third-order valence-corrected chi connectivity index (χ3v) is 8.31. The zero-order chi connectivity index (χ0) is 30.7. The van der Waals surface area contributed by atoms with Crippen molar-refractivity contribution in [3.8, 4) is 22.4 Å². The van der Waals surface area contributed by atoms with Gasteiger partial charge >= 0.3 is 5.51 Å². The lowest BCUT2D eigenvalue weighted by Gasteiger charge is -2.18. The fourth-order valence-corrected chi connectivity index (χ4v) is 5.64. The number of sulfonamides is 1. The van der Waals surface area contributed by atoms with Crippen LogP contribution in [0.2, 0.25) is 10.0 Å². The van der Waals surface area contributed by atoms with Crippen LogP contribution < -0.4 is 10.0 Å². The lowest BCUT2D eigenvalue weighted by atomic mass is 9.96. The molecule has 2 N–H and O–H groups in total. The highest BCUT2D eigenvalue weighted by molar-refractivity contribution is 9.10. The van der Waals surface area contributed by atoms with E-state index in [-0.39, 0.29) is 35.3 Å². The Bertz CT molecular complexity index is 1720. The molecule has 4 aromatic rings. The van der Waals surface area contributed by atoms with Crippen molar-refractivity contribution in [3.05, 3.63) is 104 Å². The number of carbonyl (C=O) groups excluding carboxylic acids is 1. The SMILES string of the molecule is CS(=O)(=O)NCc1nc(-c2ccc(Br)cc2)c(-c2ccc(Cl)cc2Cl)cc1CNC(=O)c1ccc(SC(F)(F)F)cc1. The quantitative estimate of drug-likeness (QED) is 0.171. The maximum absolute atomic E-state index is 12.9. The van der Waals surface area contributed by atoms with Crippen LogP contribution in [0.1, 0.15) is 21.6 Å². The highest BCUT2D eigenvalue weighted by Gasteiger charge is 2.29. The van der Waals surface area contributed by atoms with Crippen LogP contribution in [-0.2, 0) is 23.1 Å². The van der Waals surface area contributed by atoms with Gasteiger partial charge in [0.25, 0.3) is 5.91 Å². The smallest absolute Gasteiger partial charge is 0.348 e. The first-order chi connectivity index (χ1) is 19.7.